The van der Waals surface area contributed by atoms with Crippen LogP contribution in [0.3, 0.4) is 0 Å². The first-order valence-electron chi connectivity index (χ1n) is 13.8. The Morgan fingerprint density at radius 3 is 2.17 bits per heavy atom. The van der Waals surface area contributed by atoms with Crippen LogP contribution in [0, 0.1) is 11.3 Å². The summed E-state index contributed by atoms with van der Waals surface area (Å²) in [6.45, 7) is 5.89. The molecule has 1 aliphatic heterocycles. The number of amides is 1. The highest BCUT2D eigenvalue weighted by atomic mass is 32.1. The van der Waals surface area contributed by atoms with E-state index in [2.05, 4.69) is 22.0 Å². The largest absolute Gasteiger partial charge is 0.459 e. The van der Waals surface area contributed by atoms with Gasteiger partial charge in [0.15, 0.2) is 5.78 Å². The Bertz CT molecular complexity index is 1330. The first-order chi connectivity index (χ1) is 19.7. The van der Waals surface area contributed by atoms with Crippen LogP contribution >= 0.6 is 11.3 Å². The summed E-state index contributed by atoms with van der Waals surface area (Å²) in [6, 6.07) is 22.4. The second kappa shape index (κ2) is 13.7. The number of benzene rings is 2. The number of hydrogen-bond acceptors (Lipinski definition) is 8. The molecular formula is C32H36N4O4S. The number of nitrogens with zero attached hydrogens (tertiary/aromatic N) is 1. The molecule has 41 heavy (non-hydrogen) atoms. The van der Waals surface area contributed by atoms with E-state index in [9.17, 15) is 19.6 Å². The van der Waals surface area contributed by atoms with Crippen molar-refractivity contribution in [3.63, 3.8) is 0 Å². The van der Waals surface area contributed by atoms with Crippen LogP contribution in [0.1, 0.15) is 66.5 Å². The summed E-state index contributed by atoms with van der Waals surface area (Å²) in [6.07, 6.45) is 1.55. The normalized spacial score (nSPS) is 16.5. The molecule has 214 valence electrons. The second-order valence-electron chi connectivity index (χ2n) is 11.1. The van der Waals surface area contributed by atoms with E-state index in [1.807, 2.05) is 60.7 Å². The summed E-state index contributed by atoms with van der Waals surface area (Å²) in [7, 11) is 0. The van der Waals surface area contributed by atoms with E-state index in [0.717, 1.165) is 24.1 Å². The lowest BCUT2D eigenvalue weighted by Gasteiger charge is -2.30. The van der Waals surface area contributed by atoms with Crippen molar-refractivity contribution >= 4 is 29.0 Å². The number of thiophene rings is 1. The number of Topliss-reactive ketones (excluding diaryl/α,β-unsaturated/α-hetero) is 1. The van der Waals surface area contributed by atoms with E-state index >= 15 is 0 Å². The minimum absolute atomic E-state index is 0.149. The molecule has 3 N–H and O–H groups in total. The zero-order valence-corrected chi connectivity index (χ0v) is 24.4. The minimum atomic E-state index is -0.941. The Kier molecular flexibility index (Phi) is 10.1. The fourth-order valence-corrected chi connectivity index (χ4v) is 5.91. The lowest BCUT2D eigenvalue weighted by atomic mass is 9.84. The van der Waals surface area contributed by atoms with Crippen molar-refractivity contribution in [2.75, 3.05) is 13.1 Å². The SMILES string of the molecule is CC(C)(C)OC(=O)CN[C@@H](C(=O)NC(C(=O)[C@@H]1CCCN1)c1ccc(C#N)s1)C(c1ccccc1)c1ccccc1. The molecule has 1 aromatic heterocycles. The van der Waals surface area contributed by atoms with Gasteiger partial charge in [-0.1, -0.05) is 60.7 Å². The molecule has 3 atom stereocenters. The molecule has 1 amide bonds. The fraction of sp³-hybridized carbons (Fsp3) is 0.375. The van der Waals surface area contributed by atoms with Gasteiger partial charge in [0.05, 0.1) is 18.6 Å². The number of ether oxygens (including phenoxy) is 1. The topological polar surface area (TPSA) is 120 Å². The number of carbonyl (C=O) groups is 3. The smallest absolute Gasteiger partial charge is 0.320 e. The van der Waals surface area contributed by atoms with Crippen molar-refractivity contribution in [2.24, 2.45) is 0 Å². The molecule has 8 nitrogen and oxygen atoms in total. The standard InChI is InChI=1S/C32H36N4O4S/c1-32(2,3)40-26(37)20-35-29(27(21-11-6-4-7-12-21)22-13-8-5-9-14-22)31(39)36-28(25-17-16-23(19-33)41-25)30(38)24-15-10-18-34-24/h4-9,11-14,16-17,24,27-29,34-35H,10,15,18,20H2,1-3H3,(H,36,39)/t24-,28?,29+/m0/s1. The molecule has 9 heteroatoms. The van der Waals surface area contributed by atoms with Gasteiger partial charge in [-0.3, -0.25) is 19.7 Å². The zero-order chi connectivity index (χ0) is 29.4. The van der Waals surface area contributed by atoms with Gasteiger partial charge < -0.3 is 15.4 Å². The molecule has 4 rings (SSSR count). The molecule has 0 spiro atoms. The molecule has 1 unspecified atom stereocenters. The van der Waals surface area contributed by atoms with Crippen LogP contribution in [0.5, 0.6) is 0 Å². The number of esters is 1. The molecule has 1 aliphatic rings. The van der Waals surface area contributed by atoms with Crippen molar-refractivity contribution in [3.8, 4) is 6.07 Å². The first-order valence-corrected chi connectivity index (χ1v) is 14.6. The average Bonchev–Trinajstić information content (AvgIpc) is 3.66. The highest BCUT2D eigenvalue weighted by Gasteiger charge is 2.37. The van der Waals surface area contributed by atoms with Crippen molar-refractivity contribution in [2.45, 2.75) is 63.3 Å². The van der Waals surface area contributed by atoms with E-state index in [-0.39, 0.29) is 18.4 Å². The molecule has 0 saturated carbocycles. The second-order valence-corrected chi connectivity index (χ2v) is 12.2. The number of ketones is 1. The molecule has 1 saturated heterocycles. The summed E-state index contributed by atoms with van der Waals surface area (Å²) in [5.74, 6) is -1.55. The third-order valence-corrected chi connectivity index (χ3v) is 7.87. The van der Waals surface area contributed by atoms with E-state index in [1.54, 1.807) is 32.9 Å². The molecular weight excluding hydrogens is 536 g/mol. The molecule has 0 radical (unpaired) electrons. The summed E-state index contributed by atoms with van der Waals surface area (Å²) >= 11 is 1.19. The lowest BCUT2D eigenvalue weighted by Crippen LogP contribution is -2.53. The highest BCUT2D eigenvalue weighted by molar-refractivity contribution is 7.12. The van der Waals surface area contributed by atoms with Gasteiger partial charge in [-0.05, 0) is 63.4 Å². The Hall–Kier alpha value is -3.84. The number of nitrogens with one attached hydrogen (secondary N) is 3. The third-order valence-electron chi connectivity index (χ3n) is 6.82. The van der Waals surface area contributed by atoms with Crippen LogP contribution in [0.4, 0.5) is 0 Å². The van der Waals surface area contributed by atoms with Gasteiger partial charge >= 0.3 is 5.97 Å². The predicted octanol–water partition coefficient (Wildman–Crippen LogP) is 4.23. The van der Waals surface area contributed by atoms with Gasteiger partial charge in [0, 0.05) is 10.8 Å². The number of hydrogen-bond donors (Lipinski definition) is 3. The molecule has 0 aliphatic carbocycles. The number of carbonyl (C=O) groups excluding carboxylic acids is 3. The predicted molar refractivity (Wildman–Crippen MR) is 158 cm³/mol. The van der Waals surface area contributed by atoms with E-state index in [1.165, 1.54) is 11.3 Å². The Morgan fingerprint density at radius 1 is 1.02 bits per heavy atom. The number of rotatable bonds is 11. The van der Waals surface area contributed by atoms with Crippen LogP contribution in [0.2, 0.25) is 0 Å². The van der Waals surface area contributed by atoms with Crippen molar-refractivity contribution in [3.05, 3.63) is 93.7 Å². The quantitative estimate of drug-likeness (QED) is 0.294. The molecule has 1 fully saturated rings. The van der Waals surface area contributed by atoms with Crippen molar-refractivity contribution in [1.82, 2.24) is 16.0 Å². The lowest BCUT2D eigenvalue weighted by molar-refractivity contribution is -0.153. The Morgan fingerprint density at radius 2 is 1.66 bits per heavy atom. The van der Waals surface area contributed by atoms with Gasteiger partial charge in [0.1, 0.15) is 22.6 Å². The molecule has 3 aromatic rings. The van der Waals surface area contributed by atoms with Crippen LogP contribution in [-0.2, 0) is 19.1 Å². The third kappa shape index (κ3) is 8.10. The van der Waals surface area contributed by atoms with Crippen molar-refractivity contribution in [1.29, 1.82) is 5.26 Å². The maximum Gasteiger partial charge on any atom is 0.320 e. The molecule has 2 aromatic carbocycles. The van der Waals surface area contributed by atoms with E-state index in [4.69, 9.17) is 4.74 Å². The first kappa shape index (κ1) is 30.1. The highest BCUT2D eigenvalue weighted by Crippen LogP contribution is 2.31. The Balaban J connectivity index is 1.71. The maximum atomic E-state index is 14.2. The summed E-state index contributed by atoms with van der Waals surface area (Å²) in [5, 5.41) is 18.8. The summed E-state index contributed by atoms with van der Waals surface area (Å²) in [4.78, 5) is 41.7. The van der Waals surface area contributed by atoms with Crippen LogP contribution in [-0.4, -0.2) is 48.4 Å². The van der Waals surface area contributed by atoms with Gasteiger partial charge in [-0.25, -0.2) is 0 Å². The van der Waals surface area contributed by atoms with Crippen LogP contribution in [0.25, 0.3) is 0 Å². The van der Waals surface area contributed by atoms with E-state index in [0.29, 0.717) is 16.2 Å². The Labute approximate surface area is 245 Å². The van der Waals surface area contributed by atoms with Gasteiger partial charge in [0.2, 0.25) is 5.91 Å². The van der Waals surface area contributed by atoms with Crippen LogP contribution < -0.4 is 16.0 Å². The van der Waals surface area contributed by atoms with Gasteiger partial charge in [-0.2, -0.15) is 5.26 Å². The maximum absolute atomic E-state index is 14.2. The van der Waals surface area contributed by atoms with Gasteiger partial charge in [0.25, 0.3) is 0 Å². The number of nitriles is 1. The zero-order valence-electron chi connectivity index (χ0n) is 23.6. The molecule has 0 bridgehead atoms. The van der Waals surface area contributed by atoms with Crippen molar-refractivity contribution < 1.29 is 19.1 Å². The summed E-state index contributed by atoms with van der Waals surface area (Å²) < 4.78 is 5.51. The van der Waals surface area contributed by atoms with Crippen LogP contribution in [0.15, 0.2) is 72.8 Å². The van der Waals surface area contributed by atoms with Gasteiger partial charge in [-0.15, -0.1) is 11.3 Å². The molecule has 2 heterocycles. The summed E-state index contributed by atoms with van der Waals surface area (Å²) in [5.41, 5.74) is 1.07. The average molecular weight is 573 g/mol. The minimum Gasteiger partial charge on any atom is -0.459 e. The monoisotopic (exact) mass is 572 g/mol. The fourth-order valence-electron chi connectivity index (χ4n) is 5.04. The van der Waals surface area contributed by atoms with E-state index < -0.39 is 35.5 Å².